The molecule has 0 atom stereocenters. The van der Waals surface area contributed by atoms with E-state index in [0.29, 0.717) is 18.1 Å². The summed E-state index contributed by atoms with van der Waals surface area (Å²) in [6, 6.07) is 11.4. The molecule has 0 saturated heterocycles. The molecule has 2 aromatic rings. The van der Waals surface area contributed by atoms with Crippen LogP contribution in [0.1, 0.15) is 10.4 Å². The van der Waals surface area contributed by atoms with E-state index in [1.165, 1.54) is 0 Å². The standard InChI is InChI=1S/C14H14BrClN2OS/c1-18(9-12-5-6-13(15)20-12)14(19)17-8-10-3-2-4-11(16)7-10/h2-7H,8-9H2,1H3,(H,17,19). The molecular weight excluding hydrogens is 360 g/mol. The lowest BCUT2D eigenvalue weighted by molar-refractivity contribution is 0.207. The number of urea groups is 1. The fourth-order valence-corrected chi connectivity index (χ4v) is 3.45. The largest absolute Gasteiger partial charge is 0.334 e. The molecule has 1 aromatic carbocycles. The lowest BCUT2D eigenvalue weighted by Gasteiger charge is -2.17. The molecule has 2 amide bonds. The van der Waals surface area contributed by atoms with Crippen LogP contribution < -0.4 is 5.32 Å². The van der Waals surface area contributed by atoms with Crippen molar-refractivity contribution in [3.05, 3.63) is 55.6 Å². The minimum atomic E-state index is -0.102. The van der Waals surface area contributed by atoms with Crippen molar-refractivity contribution >= 4 is 44.9 Å². The summed E-state index contributed by atoms with van der Waals surface area (Å²) in [5.74, 6) is 0. The summed E-state index contributed by atoms with van der Waals surface area (Å²) < 4.78 is 1.07. The molecule has 0 aliphatic carbocycles. The van der Waals surface area contributed by atoms with Crippen molar-refractivity contribution in [2.24, 2.45) is 0 Å². The maximum absolute atomic E-state index is 12.0. The highest BCUT2D eigenvalue weighted by Gasteiger charge is 2.10. The van der Waals surface area contributed by atoms with E-state index >= 15 is 0 Å². The van der Waals surface area contributed by atoms with Gasteiger partial charge in [0.15, 0.2) is 0 Å². The van der Waals surface area contributed by atoms with Gasteiger partial charge in [-0.2, -0.15) is 0 Å². The van der Waals surface area contributed by atoms with Crippen LogP contribution in [0, 0.1) is 0 Å². The molecule has 0 spiro atoms. The van der Waals surface area contributed by atoms with Gasteiger partial charge in [-0.1, -0.05) is 23.7 Å². The van der Waals surface area contributed by atoms with E-state index in [9.17, 15) is 4.79 Å². The SMILES string of the molecule is CN(Cc1ccc(Br)s1)C(=O)NCc1cccc(Cl)c1. The van der Waals surface area contributed by atoms with Crippen molar-refractivity contribution in [2.75, 3.05) is 7.05 Å². The molecule has 0 saturated carbocycles. The van der Waals surface area contributed by atoms with Crippen LogP contribution in [0.5, 0.6) is 0 Å². The zero-order valence-corrected chi connectivity index (χ0v) is 14.1. The molecule has 0 bridgehead atoms. The summed E-state index contributed by atoms with van der Waals surface area (Å²) in [6.45, 7) is 1.06. The molecule has 1 N–H and O–H groups in total. The van der Waals surface area contributed by atoms with Crippen LogP contribution in [-0.2, 0) is 13.1 Å². The third-order valence-electron chi connectivity index (χ3n) is 2.70. The minimum absolute atomic E-state index is 0.102. The topological polar surface area (TPSA) is 32.3 Å². The molecule has 106 valence electrons. The smallest absolute Gasteiger partial charge is 0.317 e. The Morgan fingerprint density at radius 1 is 1.40 bits per heavy atom. The van der Waals surface area contributed by atoms with Crippen molar-refractivity contribution in [3.63, 3.8) is 0 Å². The summed E-state index contributed by atoms with van der Waals surface area (Å²) in [6.07, 6.45) is 0. The van der Waals surface area contributed by atoms with Gasteiger partial charge in [-0.05, 0) is 45.8 Å². The second-order valence-corrected chi connectivity index (χ2v) is 7.33. The average molecular weight is 374 g/mol. The number of thiophene rings is 1. The zero-order valence-electron chi connectivity index (χ0n) is 10.9. The highest BCUT2D eigenvalue weighted by Crippen LogP contribution is 2.22. The molecule has 1 aromatic heterocycles. The van der Waals surface area contributed by atoms with Crippen LogP contribution in [0.2, 0.25) is 5.02 Å². The first-order valence-electron chi connectivity index (χ1n) is 6.02. The van der Waals surface area contributed by atoms with E-state index in [2.05, 4.69) is 21.2 Å². The Labute approximate surface area is 135 Å². The van der Waals surface area contributed by atoms with Crippen molar-refractivity contribution in [1.82, 2.24) is 10.2 Å². The summed E-state index contributed by atoms with van der Waals surface area (Å²) in [5, 5.41) is 3.55. The van der Waals surface area contributed by atoms with Gasteiger partial charge in [-0.25, -0.2) is 4.79 Å². The van der Waals surface area contributed by atoms with E-state index in [-0.39, 0.29) is 6.03 Å². The highest BCUT2D eigenvalue weighted by molar-refractivity contribution is 9.11. The van der Waals surface area contributed by atoms with Gasteiger partial charge in [-0.3, -0.25) is 0 Å². The molecule has 0 unspecified atom stereocenters. The highest BCUT2D eigenvalue weighted by atomic mass is 79.9. The molecule has 0 aliphatic heterocycles. The van der Waals surface area contributed by atoms with Crippen LogP contribution in [0.4, 0.5) is 4.79 Å². The Balaban J connectivity index is 1.85. The predicted octanol–water partition coefficient (Wildman–Crippen LogP) is 4.51. The number of hydrogen-bond acceptors (Lipinski definition) is 2. The molecule has 0 fully saturated rings. The average Bonchev–Trinajstić information content (AvgIpc) is 2.81. The molecule has 3 nitrogen and oxygen atoms in total. The molecule has 20 heavy (non-hydrogen) atoms. The van der Waals surface area contributed by atoms with E-state index in [4.69, 9.17) is 11.6 Å². The van der Waals surface area contributed by atoms with Crippen LogP contribution in [0.3, 0.4) is 0 Å². The van der Waals surface area contributed by atoms with E-state index in [1.54, 1.807) is 23.3 Å². The third-order valence-corrected chi connectivity index (χ3v) is 4.54. The van der Waals surface area contributed by atoms with Crippen molar-refractivity contribution < 1.29 is 4.79 Å². The maximum atomic E-state index is 12.0. The fourth-order valence-electron chi connectivity index (χ4n) is 1.70. The number of nitrogens with zero attached hydrogens (tertiary/aromatic N) is 1. The lowest BCUT2D eigenvalue weighted by Crippen LogP contribution is -2.36. The Bertz CT molecular complexity index is 602. The summed E-state index contributed by atoms with van der Waals surface area (Å²) >= 11 is 10.9. The number of nitrogens with one attached hydrogen (secondary N) is 1. The number of rotatable bonds is 4. The maximum Gasteiger partial charge on any atom is 0.317 e. The van der Waals surface area contributed by atoms with Gasteiger partial charge in [-0.15, -0.1) is 11.3 Å². The Morgan fingerprint density at radius 3 is 2.85 bits per heavy atom. The van der Waals surface area contributed by atoms with Crippen molar-refractivity contribution in [1.29, 1.82) is 0 Å². The van der Waals surface area contributed by atoms with Gasteiger partial charge in [0.25, 0.3) is 0 Å². The number of hydrogen-bond donors (Lipinski definition) is 1. The van der Waals surface area contributed by atoms with Gasteiger partial charge in [0, 0.05) is 23.5 Å². The second kappa shape index (κ2) is 7.11. The van der Waals surface area contributed by atoms with Gasteiger partial charge in [0.05, 0.1) is 10.3 Å². The molecule has 0 aliphatic rings. The first kappa shape index (κ1) is 15.4. The molecule has 1 heterocycles. The number of carbonyl (C=O) groups excluding carboxylic acids is 1. The van der Waals surface area contributed by atoms with E-state index < -0.39 is 0 Å². The van der Waals surface area contributed by atoms with Crippen LogP contribution >= 0.6 is 38.9 Å². The Morgan fingerprint density at radius 2 is 2.20 bits per heavy atom. The third kappa shape index (κ3) is 4.51. The van der Waals surface area contributed by atoms with Crippen LogP contribution in [0.15, 0.2) is 40.2 Å². The summed E-state index contributed by atoms with van der Waals surface area (Å²) in [7, 11) is 1.78. The molecule has 0 radical (unpaired) electrons. The number of benzene rings is 1. The first-order valence-corrected chi connectivity index (χ1v) is 8.01. The number of carbonyl (C=O) groups is 1. The predicted molar refractivity (Wildman–Crippen MR) is 87.2 cm³/mol. The Hall–Kier alpha value is -1.04. The van der Waals surface area contributed by atoms with Crippen LogP contribution in [0.25, 0.3) is 0 Å². The van der Waals surface area contributed by atoms with Gasteiger partial charge < -0.3 is 10.2 Å². The Kier molecular flexibility index (Phi) is 5.46. The fraction of sp³-hybridized carbons (Fsp3) is 0.214. The molecular formula is C14H14BrClN2OS. The molecule has 2 rings (SSSR count). The lowest BCUT2D eigenvalue weighted by atomic mass is 10.2. The normalized spacial score (nSPS) is 10.3. The van der Waals surface area contributed by atoms with Gasteiger partial charge >= 0.3 is 6.03 Å². The van der Waals surface area contributed by atoms with E-state index in [0.717, 1.165) is 14.2 Å². The summed E-state index contributed by atoms with van der Waals surface area (Å²) in [4.78, 5) is 14.8. The van der Waals surface area contributed by atoms with Gasteiger partial charge in [0.2, 0.25) is 0 Å². The van der Waals surface area contributed by atoms with Crippen molar-refractivity contribution in [3.8, 4) is 0 Å². The monoisotopic (exact) mass is 372 g/mol. The quantitative estimate of drug-likeness (QED) is 0.840. The van der Waals surface area contributed by atoms with E-state index in [1.807, 2.05) is 36.4 Å². The number of amides is 2. The second-order valence-electron chi connectivity index (χ2n) is 4.35. The molecule has 6 heteroatoms. The zero-order chi connectivity index (χ0) is 14.5. The number of halogens is 2. The van der Waals surface area contributed by atoms with Crippen LogP contribution in [-0.4, -0.2) is 18.0 Å². The minimum Gasteiger partial charge on any atom is -0.334 e. The van der Waals surface area contributed by atoms with Crippen molar-refractivity contribution in [2.45, 2.75) is 13.1 Å². The first-order chi connectivity index (χ1) is 9.54. The summed E-state index contributed by atoms with van der Waals surface area (Å²) in [5.41, 5.74) is 0.984. The van der Waals surface area contributed by atoms with Gasteiger partial charge in [0.1, 0.15) is 0 Å².